The Kier molecular flexibility index (Phi) is 4.97. The number of fused-ring (bicyclic) bond motifs is 1. The van der Waals surface area contributed by atoms with Crippen LogP contribution >= 0.6 is 23.2 Å². The number of halogens is 2. The smallest absolute Gasteiger partial charge is 0.336 e. The van der Waals surface area contributed by atoms with Crippen LogP contribution in [0.25, 0.3) is 11.0 Å². The second-order valence-corrected chi connectivity index (χ2v) is 6.17. The summed E-state index contributed by atoms with van der Waals surface area (Å²) in [6.45, 7) is -0.0902. The summed E-state index contributed by atoms with van der Waals surface area (Å²) in [6, 6.07) is 10.5. The fourth-order valence-electron chi connectivity index (χ4n) is 2.36. The van der Waals surface area contributed by atoms with E-state index in [1.54, 1.807) is 24.3 Å². The molecule has 0 saturated heterocycles. The van der Waals surface area contributed by atoms with Crippen LogP contribution in [0.4, 0.5) is 0 Å². The monoisotopic (exact) mass is 378 g/mol. The van der Waals surface area contributed by atoms with Crippen LogP contribution in [0.3, 0.4) is 0 Å². The quantitative estimate of drug-likeness (QED) is 0.546. The van der Waals surface area contributed by atoms with E-state index >= 15 is 0 Å². The van der Waals surface area contributed by atoms with Gasteiger partial charge in [0.1, 0.15) is 17.9 Å². The van der Waals surface area contributed by atoms with Crippen molar-refractivity contribution < 1.29 is 19.1 Å². The number of hydrogen-bond donors (Lipinski definition) is 1. The van der Waals surface area contributed by atoms with Gasteiger partial charge in [-0.05, 0) is 29.8 Å². The predicted octanol–water partition coefficient (Wildman–Crippen LogP) is 4.09. The van der Waals surface area contributed by atoms with Gasteiger partial charge in [-0.2, -0.15) is 0 Å². The maximum atomic E-state index is 12.0. The molecule has 0 unspecified atom stereocenters. The Labute approximate surface area is 152 Å². The maximum Gasteiger partial charge on any atom is 0.336 e. The lowest BCUT2D eigenvalue weighted by Gasteiger charge is -2.08. The standard InChI is InChI=1S/C18H12Cl2O5/c19-14-4-1-10(5-15(14)20)6-17(22)24-9-11-7-18(23)25-16-8-12(21)2-3-13(11)16/h1-5,7-8,21H,6,9H2. The molecule has 1 heterocycles. The van der Waals surface area contributed by atoms with Crippen molar-refractivity contribution in [3.8, 4) is 5.75 Å². The van der Waals surface area contributed by atoms with Crippen LogP contribution in [-0.2, 0) is 22.6 Å². The number of aromatic hydroxyl groups is 1. The van der Waals surface area contributed by atoms with Gasteiger partial charge in [0.25, 0.3) is 0 Å². The third-order valence-corrected chi connectivity index (χ3v) is 4.27. The third kappa shape index (κ3) is 4.13. The normalized spacial score (nSPS) is 10.8. The molecule has 25 heavy (non-hydrogen) atoms. The summed E-state index contributed by atoms with van der Waals surface area (Å²) in [5.74, 6) is -0.497. The first kappa shape index (κ1) is 17.3. The number of hydrogen-bond acceptors (Lipinski definition) is 5. The van der Waals surface area contributed by atoms with E-state index in [1.807, 2.05) is 0 Å². The summed E-state index contributed by atoms with van der Waals surface area (Å²) < 4.78 is 10.3. The van der Waals surface area contributed by atoms with Crippen LogP contribution in [0.15, 0.2) is 51.7 Å². The number of phenols is 1. The van der Waals surface area contributed by atoms with Gasteiger partial charge in [0, 0.05) is 23.1 Å². The number of carbonyl (C=O) groups is 1. The van der Waals surface area contributed by atoms with Crippen molar-refractivity contribution in [1.82, 2.24) is 0 Å². The van der Waals surface area contributed by atoms with E-state index < -0.39 is 11.6 Å². The molecule has 0 aliphatic rings. The van der Waals surface area contributed by atoms with E-state index in [9.17, 15) is 14.7 Å². The topological polar surface area (TPSA) is 76.7 Å². The van der Waals surface area contributed by atoms with Crippen LogP contribution in [-0.4, -0.2) is 11.1 Å². The molecular weight excluding hydrogens is 367 g/mol. The number of esters is 1. The zero-order valence-corrected chi connectivity index (χ0v) is 14.3. The largest absolute Gasteiger partial charge is 0.508 e. The molecule has 5 nitrogen and oxygen atoms in total. The van der Waals surface area contributed by atoms with Crippen molar-refractivity contribution in [2.24, 2.45) is 0 Å². The molecule has 0 bridgehead atoms. The van der Waals surface area contributed by atoms with Crippen molar-refractivity contribution in [2.75, 3.05) is 0 Å². The summed E-state index contributed by atoms with van der Waals surface area (Å²) in [4.78, 5) is 23.6. The fraction of sp³-hybridized carbons (Fsp3) is 0.111. The van der Waals surface area contributed by atoms with Crippen molar-refractivity contribution in [3.63, 3.8) is 0 Å². The van der Waals surface area contributed by atoms with Gasteiger partial charge >= 0.3 is 11.6 Å². The first-order chi connectivity index (χ1) is 11.9. The van der Waals surface area contributed by atoms with Crippen molar-refractivity contribution in [1.29, 1.82) is 0 Å². The molecule has 0 radical (unpaired) electrons. The number of benzene rings is 2. The summed E-state index contributed by atoms with van der Waals surface area (Å²) >= 11 is 11.8. The van der Waals surface area contributed by atoms with Gasteiger partial charge in [-0.3, -0.25) is 4.79 Å². The maximum absolute atomic E-state index is 12.0. The lowest BCUT2D eigenvalue weighted by atomic mass is 10.1. The van der Waals surface area contributed by atoms with Crippen LogP contribution in [0, 0.1) is 0 Å². The van der Waals surface area contributed by atoms with Crippen LogP contribution in [0.1, 0.15) is 11.1 Å². The Morgan fingerprint density at radius 3 is 2.64 bits per heavy atom. The van der Waals surface area contributed by atoms with Gasteiger partial charge in [0.15, 0.2) is 0 Å². The minimum atomic E-state index is -0.589. The highest BCUT2D eigenvalue weighted by Gasteiger charge is 2.11. The molecule has 3 aromatic rings. The van der Waals surface area contributed by atoms with Crippen LogP contribution in [0.5, 0.6) is 5.75 Å². The molecule has 0 aliphatic heterocycles. The van der Waals surface area contributed by atoms with Gasteiger partial charge in [-0.25, -0.2) is 4.79 Å². The first-order valence-corrected chi connectivity index (χ1v) is 8.03. The molecule has 128 valence electrons. The van der Waals surface area contributed by atoms with E-state index in [4.69, 9.17) is 32.4 Å². The van der Waals surface area contributed by atoms with E-state index in [0.717, 1.165) is 0 Å². The molecule has 0 aliphatic carbocycles. The Bertz CT molecular complexity index is 1010. The summed E-state index contributed by atoms with van der Waals surface area (Å²) in [5.41, 5.74) is 0.798. The second-order valence-electron chi connectivity index (χ2n) is 5.36. The molecule has 0 atom stereocenters. The van der Waals surface area contributed by atoms with E-state index in [2.05, 4.69) is 0 Å². The molecule has 0 spiro atoms. The van der Waals surface area contributed by atoms with E-state index in [0.29, 0.717) is 26.6 Å². The molecule has 3 rings (SSSR count). The zero-order chi connectivity index (χ0) is 18.0. The summed E-state index contributed by atoms with van der Waals surface area (Å²) in [6.07, 6.45) is 0.0249. The minimum Gasteiger partial charge on any atom is -0.508 e. The molecule has 7 heteroatoms. The predicted molar refractivity (Wildman–Crippen MR) is 94.1 cm³/mol. The average molecular weight is 379 g/mol. The molecule has 0 amide bonds. The Hall–Kier alpha value is -2.50. The number of ether oxygens (including phenoxy) is 1. The summed E-state index contributed by atoms with van der Waals surface area (Å²) in [7, 11) is 0. The summed E-state index contributed by atoms with van der Waals surface area (Å²) in [5, 5.41) is 10.8. The molecule has 1 N–H and O–H groups in total. The fourth-order valence-corrected chi connectivity index (χ4v) is 2.68. The number of carbonyl (C=O) groups excluding carboxylic acids is 1. The Morgan fingerprint density at radius 2 is 1.88 bits per heavy atom. The highest BCUT2D eigenvalue weighted by atomic mass is 35.5. The minimum absolute atomic E-state index is 0.0237. The van der Waals surface area contributed by atoms with Gasteiger partial charge < -0.3 is 14.3 Å². The number of rotatable bonds is 4. The van der Waals surface area contributed by atoms with Gasteiger partial charge in [0.05, 0.1) is 16.5 Å². The SMILES string of the molecule is O=C(Cc1ccc(Cl)c(Cl)c1)OCc1cc(=O)oc2cc(O)ccc12. The van der Waals surface area contributed by atoms with Crippen molar-refractivity contribution in [2.45, 2.75) is 13.0 Å². The first-order valence-electron chi connectivity index (χ1n) is 7.27. The second kappa shape index (κ2) is 7.17. The van der Waals surface area contributed by atoms with Crippen molar-refractivity contribution in [3.05, 3.63) is 74.1 Å². The van der Waals surface area contributed by atoms with E-state index in [-0.39, 0.29) is 24.4 Å². The van der Waals surface area contributed by atoms with Crippen LogP contribution < -0.4 is 5.63 Å². The highest BCUT2D eigenvalue weighted by Crippen LogP contribution is 2.24. The van der Waals surface area contributed by atoms with Crippen LogP contribution in [0.2, 0.25) is 10.0 Å². The molecule has 2 aromatic carbocycles. The third-order valence-electron chi connectivity index (χ3n) is 3.53. The lowest BCUT2D eigenvalue weighted by Crippen LogP contribution is -2.10. The van der Waals surface area contributed by atoms with Gasteiger partial charge in [-0.15, -0.1) is 0 Å². The molecule has 1 aromatic heterocycles. The zero-order valence-electron chi connectivity index (χ0n) is 12.8. The molecular formula is C18H12Cl2O5. The van der Waals surface area contributed by atoms with E-state index in [1.165, 1.54) is 18.2 Å². The van der Waals surface area contributed by atoms with Gasteiger partial charge in [-0.1, -0.05) is 29.3 Å². The average Bonchev–Trinajstić information content (AvgIpc) is 2.55. The number of phenolic OH excluding ortho intramolecular Hbond substituents is 1. The molecule has 0 saturated carbocycles. The highest BCUT2D eigenvalue weighted by molar-refractivity contribution is 6.42. The Morgan fingerprint density at radius 1 is 1.08 bits per heavy atom. The van der Waals surface area contributed by atoms with Crippen molar-refractivity contribution >= 4 is 40.1 Å². The Balaban J connectivity index is 1.74. The molecule has 0 fully saturated rings. The lowest BCUT2D eigenvalue weighted by molar-refractivity contribution is -0.144. The van der Waals surface area contributed by atoms with Gasteiger partial charge in [0.2, 0.25) is 0 Å².